The topological polar surface area (TPSA) is 52.7 Å². The summed E-state index contributed by atoms with van der Waals surface area (Å²) in [7, 11) is 0. The Morgan fingerprint density at radius 2 is 1.69 bits per heavy atom. The van der Waals surface area contributed by atoms with Crippen molar-refractivity contribution >= 4 is 23.2 Å². The third-order valence-corrected chi connectivity index (χ3v) is 5.54. The molecule has 0 atom stereocenters. The van der Waals surface area contributed by atoms with Crippen LogP contribution in [0.3, 0.4) is 0 Å². The fraction of sp³-hybridized carbons (Fsp3) is 0.417. The zero-order chi connectivity index (χ0) is 20.6. The molecular weight excluding hydrogens is 362 g/mol. The van der Waals surface area contributed by atoms with Crippen molar-refractivity contribution in [3.8, 4) is 0 Å². The molecular formula is C24H31N3O2. The molecule has 1 fully saturated rings. The summed E-state index contributed by atoms with van der Waals surface area (Å²) in [4.78, 5) is 29.3. The number of aryl methyl sites for hydroxylation is 2. The predicted octanol–water partition coefficient (Wildman–Crippen LogP) is 4.02. The van der Waals surface area contributed by atoms with E-state index in [9.17, 15) is 9.59 Å². The van der Waals surface area contributed by atoms with Crippen molar-refractivity contribution < 1.29 is 9.59 Å². The van der Waals surface area contributed by atoms with E-state index in [2.05, 4.69) is 48.3 Å². The number of hydrogen-bond acceptors (Lipinski definition) is 3. The van der Waals surface area contributed by atoms with Gasteiger partial charge in [0.1, 0.15) is 0 Å². The molecule has 154 valence electrons. The number of nitrogens with zero attached hydrogens (tertiary/aromatic N) is 2. The van der Waals surface area contributed by atoms with Crippen LogP contribution in [0.2, 0.25) is 0 Å². The van der Waals surface area contributed by atoms with E-state index in [0.717, 1.165) is 43.7 Å². The third kappa shape index (κ3) is 5.59. The molecule has 1 heterocycles. The summed E-state index contributed by atoms with van der Waals surface area (Å²) in [5.74, 6) is -0.0360. The van der Waals surface area contributed by atoms with Gasteiger partial charge in [-0.1, -0.05) is 43.3 Å². The largest absolute Gasteiger partial charge is 0.369 e. The smallest absolute Gasteiger partial charge is 0.224 e. The van der Waals surface area contributed by atoms with Gasteiger partial charge in [0, 0.05) is 50.4 Å². The summed E-state index contributed by atoms with van der Waals surface area (Å²) in [6, 6.07) is 16.2. The van der Waals surface area contributed by atoms with Crippen molar-refractivity contribution in [3.63, 3.8) is 0 Å². The number of carbonyl (C=O) groups is 2. The Balaban J connectivity index is 1.49. The van der Waals surface area contributed by atoms with Crippen LogP contribution in [0.15, 0.2) is 48.5 Å². The van der Waals surface area contributed by atoms with E-state index in [0.29, 0.717) is 6.54 Å². The summed E-state index contributed by atoms with van der Waals surface area (Å²) in [5.41, 5.74) is 4.46. The van der Waals surface area contributed by atoms with Crippen molar-refractivity contribution in [2.24, 2.45) is 0 Å². The van der Waals surface area contributed by atoms with Crippen LogP contribution in [-0.4, -0.2) is 42.9 Å². The Labute approximate surface area is 173 Å². The lowest BCUT2D eigenvalue weighted by Gasteiger charge is -2.25. The molecule has 1 N–H and O–H groups in total. The molecule has 1 aliphatic heterocycles. The minimum absolute atomic E-state index is 0.0653. The molecule has 0 unspecified atom stereocenters. The maximum Gasteiger partial charge on any atom is 0.224 e. The SMILES string of the molecule is CCc1ccccc1NC(=O)CCC(=O)N1CCCN(c2ccccc2C)CC1. The van der Waals surface area contributed by atoms with Gasteiger partial charge >= 0.3 is 0 Å². The Hall–Kier alpha value is -2.82. The third-order valence-electron chi connectivity index (χ3n) is 5.54. The van der Waals surface area contributed by atoms with Crippen LogP contribution >= 0.6 is 0 Å². The van der Waals surface area contributed by atoms with Gasteiger partial charge < -0.3 is 15.1 Å². The lowest BCUT2D eigenvalue weighted by atomic mass is 10.1. The Kier molecular flexibility index (Phi) is 7.28. The quantitative estimate of drug-likeness (QED) is 0.807. The van der Waals surface area contributed by atoms with E-state index in [1.54, 1.807) is 0 Å². The molecule has 5 nitrogen and oxygen atoms in total. The van der Waals surface area contributed by atoms with E-state index in [1.165, 1.54) is 11.3 Å². The highest BCUT2D eigenvalue weighted by molar-refractivity contribution is 5.93. The summed E-state index contributed by atoms with van der Waals surface area (Å²) < 4.78 is 0. The first-order valence-corrected chi connectivity index (χ1v) is 10.5. The summed E-state index contributed by atoms with van der Waals surface area (Å²) in [6.07, 6.45) is 2.27. The normalized spacial score (nSPS) is 14.4. The van der Waals surface area contributed by atoms with E-state index in [4.69, 9.17) is 0 Å². The second-order valence-corrected chi connectivity index (χ2v) is 7.57. The molecule has 2 amide bonds. The molecule has 0 radical (unpaired) electrons. The van der Waals surface area contributed by atoms with Gasteiger partial charge in [-0.05, 0) is 43.0 Å². The van der Waals surface area contributed by atoms with Gasteiger partial charge in [-0.25, -0.2) is 0 Å². The number of benzene rings is 2. The fourth-order valence-corrected chi connectivity index (χ4v) is 3.87. The molecule has 29 heavy (non-hydrogen) atoms. The molecule has 2 aromatic rings. The van der Waals surface area contributed by atoms with Gasteiger partial charge in [-0.15, -0.1) is 0 Å². The number of anilines is 2. The van der Waals surface area contributed by atoms with Crippen molar-refractivity contribution in [1.29, 1.82) is 0 Å². The molecule has 0 spiro atoms. The lowest BCUT2D eigenvalue weighted by Crippen LogP contribution is -2.35. The highest BCUT2D eigenvalue weighted by atomic mass is 16.2. The number of carbonyl (C=O) groups excluding carboxylic acids is 2. The predicted molar refractivity (Wildman–Crippen MR) is 118 cm³/mol. The van der Waals surface area contributed by atoms with Crippen LogP contribution in [0.5, 0.6) is 0 Å². The molecule has 0 bridgehead atoms. The molecule has 2 aromatic carbocycles. The minimum Gasteiger partial charge on any atom is -0.369 e. The first-order chi connectivity index (χ1) is 14.1. The minimum atomic E-state index is -0.101. The number of nitrogens with one attached hydrogen (secondary N) is 1. The summed E-state index contributed by atoms with van der Waals surface area (Å²) in [6.45, 7) is 7.41. The van der Waals surface area contributed by atoms with Crippen molar-refractivity contribution in [3.05, 3.63) is 59.7 Å². The Morgan fingerprint density at radius 3 is 2.48 bits per heavy atom. The number of rotatable bonds is 6. The maximum absolute atomic E-state index is 12.7. The average Bonchev–Trinajstić information content (AvgIpc) is 2.99. The summed E-state index contributed by atoms with van der Waals surface area (Å²) in [5, 5.41) is 2.95. The van der Waals surface area contributed by atoms with Gasteiger partial charge in [0.25, 0.3) is 0 Å². The Morgan fingerprint density at radius 1 is 0.931 bits per heavy atom. The molecule has 0 aromatic heterocycles. The molecule has 5 heteroatoms. The van der Waals surface area contributed by atoms with Crippen molar-refractivity contribution in [1.82, 2.24) is 4.90 Å². The van der Waals surface area contributed by atoms with Crippen LogP contribution < -0.4 is 10.2 Å². The molecule has 1 aliphatic rings. The van der Waals surface area contributed by atoms with E-state index in [-0.39, 0.29) is 24.7 Å². The second-order valence-electron chi connectivity index (χ2n) is 7.57. The highest BCUT2D eigenvalue weighted by Gasteiger charge is 2.20. The molecule has 1 saturated heterocycles. The van der Waals surface area contributed by atoms with Gasteiger partial charge in [0.15, 0.2) is 0 Å². The highest BCUT2D eigenvalue weighted by Crippen LogP contribution is 2.21. The average molecular weight is 394 g/mol. The van der Waals surface area contributed by atoms with Crippen LogP contribution in [0.4, 0.5) is 11.4 Å². The molecule has 3 rings (SSSR count). The fourth-order valence-electron chi connectivity index (χ4n) is 3.87. The number of amides is 2. The van der Waals surface area contributed by atoms with E-state index >= 15 is 0 Å². The lowest BCUT2D eigenvalue weighted by molar-refractivity contribution is -0.132. The maximum atomic E-state index is 12.7. The monoisotopic (exact) mass is 393 g/mol. The number of para-hydroxylation sites is 2. The van der Waals surface area contributed by atoms with Crippen LogP contribution in [0.1, 0.15) is 37.3 Å². The van der Waals surface area contributed by atoms with Gasteiger partial charge in [0.05, 0.1) is 0 Å². The first-order valence-electron chi connectivity index (χ1n) is 10.5. The van der Waals surface area contributed by atoms with Crippen LogP contribution in [-0.2, 0) is 16.0 Å². The van der Waals surface area contributed by atoms with Crippen molar-refractivity contribution in [2.75, 3.05) is 36.4 Å². The zero-order valence-corrected chi connectivity index (χ0v) is 17.5. The first kappa shape index (κ1) is 20.9. The van der Waals surface area contributed by atoms with Gasteiger partial charge in [0.2, 0.25) is 11.8 Å². The second kappa shape index (κ2) is 10.1. The van der Waals surface area contributed by atoms with Crippen molar-refractivity contribution in [2.45, 2.75) is 39.5 Å². The van der Waals surface area contributed by atoms with Crippen LogP contribution in [0.25, 0.3) is 0 Å². The summed E-state index contributed by atoms with van der Waals surface area (Å²) >= 11 is 0. The van der Waals surface area contributed by atoms with E-state index < -0.39 is 0 Å². The number of hydrogen-bond donors (Lipinski definition) is 1. The van der Waals surface area contributed by atoms with Crippen LogP contribution in [0, 0.1) is 6.92 Å². The Bertz CT molecular complexity index is 850. The molecule has 0 saturated carbocycles. The zero-order valence-electron chi connectivity index (χ0n) is 17.5. The van der Waals surface area contributed by atoms with E-state index in [1.807, 2.05) is 29.2 Å². The molecule has 0 aliphatic carbocycles. The van der Waals surface area contributed by atoms with Gasteiger partial charge in [-0.2, -0.15) is 0 Å². The van der Waals surface area contributed by atoms with Gasteiger partial charge in [-0.3, -0.25) is 9.59 Å². The standard InChI is InChI=1S/C24H31N3O2/c1-3-20-10-5-6-11-21(20)25-23(28)13-14-24(29)27-16-8-15-26(17-18-27)22-12-7-4-9-19(22)2/h4-7,9-12H,3,8,13-18H2,1-2H3,(H,25,28).